The molecule has 0 spiro atoms. The predicted molar refractivity (Wildman–Crippen MR) is 92.5 cm³/mol. The van der Waals surface area contributed by atoms with Gasteiger partial charge in [0.2, 0.25) is 5.91 Å². The normalized spacial score (nSPS) is 19.4. The zero-order chi connectivity index (χ0) is 15.9. The SMILES string of the molecule is Cc1ccccc1C(CC(=O)O)NC(=O)CC1CSCCS1. The van der Waals surface area contributed by atoms with E-state index in [1.165, 1.54) is 0 Å². The molecule has 22 heavy (non-hydrogen) atoms. The van der Waals surface area contributed by atoms with Crippen molar-refractivity contribution in [1.82, 2.24) is 5.32 Å². The number of aliphatic carboxylic acids is 1. The molecule has 1 amide bonds. The minimum atomic E-state index is -0.906. The lowest BCUT2D eigenvalue weighted by atomic mass is 9.98. The molecule has 0 saturated carbocycles. The van der Waals surface area contributed by atoms with Gasteiger partial charge in [0, 0.05) is 28.9 Å². The highest BCUT2D eigenvalue weighted by Crippen LogP contribution is 2.27. The van der Waals surface area contributed by atoms with E-state index >= 15 is 0 Å². The van der Waals surface area contributed by atoms with Gasteiger partial charge in [0.1, 0.15) is 0 Å². The van der Waals surface area contributed by atoms with E-state index in [9.17, 15) is 9.59 Å². The number of hydrogen-bond donors (Lipinski definition) is 2. The monoisotopic (exact) mass is 339 g/mol. The van der Waals surface area contributed by atoms with Crippen LogP contribution >= 0.6 is 23.5 Å². The average Bonchev–Trinajstić information content (AvgIpc) is 2.47. The van der Waals surface area contributed by atoms with Gasteiger partial charge in [-0.15, -0.1) is 0 Å². The lowest BCUT2D eigenvalue weighted by Crippen LogP contribution is -2.33. The predicted octanol–water partition coefficient (Wildman–Crippen LogP) is 2.87. The summed E-state index contributed by atoms with van der Waals surface area (Å²) in [7, 11) is 0. The van der Waals surface area contributed by atoms with Crippen LogP contribution in [0.2, 0.25) is 0 Å². The molecule has 1 aromatic rings. The van der Waals surface area contributed by atoms with Gasteiger partial charge in [-0.25, -0.2) is 0 Å². The molecular formula is C16H21NO3S2. The van der Waals surface area contributed by atoms with E-state index in [4.69, 9.17) is 5.11 Å². The summed E-state index contributed by atoms with van der Waals surface area (Å²) in [6.45, 7) is 1.93. The Labute approximate surface area is 139 Å². The zero-order valence-corrected chi connectivity index (χ0v) is 14.2. The zero-order valence-electron chi connectivity index (χ0n) is 12.6. The maximum Gasteiger partial charge on any atom is 0.305 e. The summed E-state index contributed by atoms with van der Waals surface area (Å²) in [6, 6.07) is 7.14. The minimum absolute atomic E-state index is 0.0606. The number of thioether (sulfide) groups is 2. The summed E-state index contributed by atoms with van der Waals surface area (Å²) < 4.78 is 0. The lowest BCUT2D eigenvalue weighted by Gasteiger charge is -2.23. The second-order valence-corrected chi connectivity index (χ2v) is 7.90. The van der Waals surface area contributed by atoms with Crippen LogP contribution in [0, 0.1) is 6.92 Å². The van der Waals surface area contributed by atoms with Crippen molar-refractivity contribution < 1.29 is 14.7 Å². The summed E-state index contributed by atoms with van der Waals surface area (Å²) in [6.07, 6.45) is 0.364. The molecule has 1 heterocycles. The highest BCUT2D eigenvalue weighted by Gasteiger charge is 2.23. The van der Waals surface area contributed by atoms with Crippen LogP contribution in [0.25, 0.3) is 0 Å². The molecule has 1 fully saturated rings. The van der Waals surface area contributed by atoms with E-state index in [0.717, 1.165) is 28.4 Å². The molecule has 0 bridgehead atoms. The van der Waals surface area contributed by atoms with Gasteiger partial charge in [-0.1, -0.05) is 24.3 Å². The fourth-order valence-electron chi connectivity index (χ4n) is 2.51. The molecule has 2 unspecified atom stereocenters. The van der Waals surface area contributed by atoms with Crippen LogP contribution in [-0.4, -0.2) is 39.5 Å². The highest BCUT2D eigenvalue weighted by molar-refractivity contribution is 8.06. The largest absolute Gasteiger partial charge is 0.481 e. The standard InChI is InChI=1S/C16H21NO3S2/c1-11-4-2-3-5-13(11)14(9-16(19)20)17-15(18)8-12-10-21-6-7-22-12/h2-5,12,14H,6-10H2,1H3,(H,17,18)(H,19,20). The molecule has 2 rings (SSSR count). The van der Waals surface area contributed by atoms with Crippen molar-refractivity contribution in [2.75, 3.05) is 17.3 Å². The molecule has 1 aromatic carbocycles. The highest BCUT2D eigenvalue weighted by atomic mass is 32.2. The molecule has 1 saturated heterocycles. The average molecular weight is 339 g/mol. The quantitative estimate of drug-likeness (QED) is 0.834. The molecule has 1 aliphatic rings. The van der Waals surface area contributed by atoms with Crippen molar-refractivity contribution in [3.63, 3.8) is 0 Å². The number of hydrogen-bond acceptors (Lipinski definition) is 4. The summed E-state index contributed by atoms with van der Waals surface area (Å²) in [5.41, 5.74) is 1.88. The molecule has 2 N–H and O–H groups in total. The van der Waals surface area contributed by atoms with Crippen LogP contribution in [-0.2, 0) is 9.59 Å². The maximum atomic E-state index is 12.3. The van der Waals surface area contributed by atoms with Crippen LogP contribution in [0.4, 0.5) is 0 Å². The molecule has 4 nitrogen and oxygen atoms in total. The number of carboxylic acids is 1. The Balaban J connectivity index is 2.01. The molecule has 6 heteroatoms. The van der Waals surface area contributed by atoms with Crippen molar-refractivity contribution >= 4 is 35.4 Å². The van der Waals surface area contributed by atoms with E-state index in [0.29, 0.717) is 11.7 Å². The van der Waals surface area contributed by atoms with Crippen LogP contribution in [0.3, 0.4) is 0 Å². The van der Waals surface area contributed by atoms with Crippen molar-refractivity contribution in [2.45, 2.75) is 31.1 Å². The fraction of sp³-hybridized carbons (Fsp3) is 0.500. The second-order valence-electron chi connectivity index (χ2n) is 5.35. The smallest absolute Gasteiger partial charge is 0.305 e. The van der Waals surface area contributed by atoms with Gasteiger partial charge in [0.05, 0.1) is 12.5 Å². The second kappa shape index (κ2) is 8.48. The van der Waals surface area contributed by atoms with Crippen LogP contribution in [0.5, 0.6) is 0 Å². The van der Waals surface area contributed by atoms with Crippen LogP contribution in [0.1, 0.15) is 30.0 Å². The molecule has 120 valence electrons. The van der Waals surface area contributed by atoms with Crippen molar-refractivity contribution in [2.24, 2.45) is 0 Å². The number of carboxylic acid groups (broad SMARTS) is 1. The first-order valence-corrected chi connectivity index (χ1v) is 9.52. The lowest BCUT2D eigenvalue weighted by molar-refractivity contribution is -0.137. The van der Waals surface area contributed by atoms with Gasteiger partial charge in [-0.05, 0) is 18.1 Å². The number of carbonyl (C=O) groups is 2. The van der Waals surface area contributed by atoms with Crippen LogP contribution < -0.4 is 5.32 Å². The Hall–Kier alpha value is -1.14. The Morgan fingerprint density at radius 3 is 2.77 bits per heavy atom. The Kier molecular flexibility index (Phi) is 6.64. The van der Waals surface area contributed by atoms with Gasteiger partial charge in [0.15, 0.2) is 0 Å². The number of aryl methyl sites for hydroxylation is 1. The Morgan fingerprint density at radius 2 is 2.14 bits per heavy atom. The number of rotatable bonds is 6. The Morgan fingerprint density at radius 1 is 1.36 bits per heavy atom. The summed E-state index contributed by atoms with van der Waals surface area (Å²) in [5, 5.41) is 12.4. The molecule has 1 aliphatic heterocycles. The molecule has 2 atom stereocenters. The molecular weight excluding hydrogens is 318 g/mol. The third kappa shape index (κ3) is 5.25. The molecule has 0 aliphatic carbocycles. The van der Waals surface area contributed by atoms with Crippen molar-refractivity contribution in [3.8, 4) is 0 Å². The topological polar surface area (TPSA) is 66.4 Å². The van der Waals surface area contributed by atoms with Gasteiger partial charge >= 0.3 is 5.97 Å². The number of nitrogens with one attached hydrogen (secondary N) is 1. The van der Waals surface area contributed by atoms with Gasteiger partial charge in [-0.2, -0.15) is 23.5 Å². The van der Waals surface area contributed by atoms with E-state index in [2.05, 4.69) is 5.32 Å². The van der Waals surface area contributed by atoms with E-state index < -0.39 is 12.0 Å². The minimum Gasteiger partial charge on any atom is -0.481 e. The summed E-state index contributed by atoms with van der Waals surface area (Å²) in [5.74, 6) is 2.25. The van der Waals surface area contributed by atoms with Gasteiger partial charge in [0.25, 0.3) is 0 Å². The fourth-order valence-corrected chi connectivity index (χ4v) is 5.19. The third-order valence-electron chi connectivity index (χ3n) is 3.58. The van der Waals surface area contributed by atoms with Gasteiger partial charge in [-0.3, -0.25) is 9.59 Å². The van der Waals surface area contributed by atoms with Crippen molar-refractivity contribution in [3.05, 3.63) is 35.4 Å². The number of carbonyl (C=O) groups excluding carboxylic acids is 1. The molecule has 0 radical (unpaired) electrons. The van der Waals surface area contributed by atoms with Crippen LogP contribution in [0.15, 0.2) is 24.3 Å². The van der Waals surface area contributed by atoms with E-state index in [1.54, 1.807) is 0 Å². The first-order chi connectivity index (χ1) is 10.6. The first kappa shape index (κ1) is 17.2. The maximum absolute atomic E-state index is 12.3. The molecule has 0 aromatic heterocycles. The van der Waals surface area contributed by atoms with E-state index in [1.807, 2.05) is 54.7 Å². The Bertz CT molecular complexity index is 530. The number of amides is 1. The van der Waals surface area contributed by atoms with E-state index in [-0.39, 0.29) is 12.3 Å². The summed E-state index contributed by atoms with van der Waals surface area (Å²) >= 11 is 3.71. The van der Waals surface area contributed by atoms with Gasteiger partial charge < -0.3 is 10.4 Å². The number of benzene rings is 1. The first-order valence-electron chi connectivity index (χ1n) is 7.32. The third-order valence-corrected chi connectivity index (χ3v) is 6.42. The van der Waals surface area contributed by atoms with Crippen molar-refractivity contribution in [1.29, 1.82) is 0 Å². The summed E-state index contributed by atoms with van der Waals surface area (Å²) in [4.78, 5) is 23.4.